The zero-order valence-corrected chi connectivity index (χ0v) is 6.84. The third-order valence-corrected chi connectivity index (χ3v) is 1.44. The molecule has 0 saturated carbocycles. The van der Waals surface area contributed by atoms with Gasteiger partial charge in [-0.15, -0.1) is 0 Å². The van der Waals surface area contributed by atoms with Gasteiger partial charge in [-0.2, -0.15) is 0 Å². The summed E-state index contributed by atoms with van der Waals surface area (Å²) in [6, 6.07) is 1.93. The highest BCUT2D eigenvalue weighted by atomic mass is 35.5. The quantitative estimate of drug-likeness (QED) is 0.703. The van der Waals surface area contributed by atoms with E-state index in [4.69, 9.17) is 16.0 Å². The summed E-state index contributed by atoms with van der Waals surface area (Å²) in [5.41, 5.74) is 2.65. The van der Waals surface area contributed by atoms with E-state index in [0.717, 1.165) is 18.7 Å². The molecule has 1 aromatic rings. The Morgan fingerprint density at radius 3 is 3.18 bits per heavy atom. The minimum atomic E-state index is 0.786. The average Bonchev–Trinajstić information content (AvgIpc) is 2.50. The van der Waals surface area contributed by atoms with Crippen LogP contribution in [0.2, 0.25) is 0 Å². The normalized spacial score (nSPS) is 11.0. The van der Waals surface area contributed by atoms with Crippen molar-refractivity contribution in [3.63, 3.8) is 0 Å². The highest BCUT2D eigenvalue weighted by molar-refractivity contribution is 6.25. The van der Waals surface area contributed by atoms with Crippen LogP contribution in [-0.4, -0.2) is 6.54 Å². The molecule has 0 aliphatic heterocycles. The number of rotatable bonds is 4. The Labute approximate surface area is 70.8 Å². The van der Waals surface area contributed by atoms with Crippen LogP contribution in [0.4, 0.5) is 0 Å². The average molecular weight is 172 g/mol. The van der Waals surface area contributed by atoms with E-state index in [1.54, 1.807) is 12.5 Å². The van der Waals surface area contributed by atoms with Crippen molar-refractivity contribution in [2.24, 2.45) is 0 Å². The summed E-state index contributed by atoms with van der Waals surface area (Å²) >= 11 is 5.32. The zero-order chi connectivity index (χ0) is 7.94. The second kappa shape index (κ2) is 4.99. The molecule has 0 fully saturated rings. The summed E-state index contributed by atoms with van der Waals surface area (Å²) in [4.78, 5) is 0. The Bertz CT molecular complexity index is 206. The maximum Gasteiger partial charge on any atom is 0.0947 e. The number of furan rings is 1. The number of nitrogens with one attached hydrogen (secondary N) is 1. The molecule has 0 bridgehead atoms. The van der Waals surface area contributed by atoms with Crippen LogP contribution >= 0.6 is 11.6 Å². The highest BCUT2D eigenvalue weighted by Crippen LogP contribution is 1.97. The lowest BCUT2D eigenvalue weighted by atomic mass is 10.3. The minimum Gasteiger partial charge on any atom is -0.472 e. The van der Waals surface area contributed by atoms with Crippen molar-refractivity contribution in [1.29, 1.82) is 0 Å². The van der Waals surface area contributed by atoms with Crippen molar-refractivity contribution in [2.75, 3.05) is 6.54 Å². The van der Waals surface area contributed by atoms with Gasteiger partial charge in [-0.1, -0.05) is 17.7 Å². The number of hydrogen-bond acceptors (Lipinski definition) is 2. The second-order valence-corrected chi connectivity index (χ2v) is 2.38. The van der Waals surface area contributed by atoms with Gasteiger partial charge in [-0.3, -0.25) is 0 Å². The van der Waals surface area contributed by atoms with Gasteiger partial charge in [-0.05, 0) is 6.07 Å². The van der Waals surface area contributed by atoms with Crippen LogP contribution in [-0.2, 0) is 6.54 Å². The van der Waals surface area contributed by atoms with Gasteiger partial charge in [0.15, 0.2) is 0 Å². The monoisotopic (exact) mass is 171 g/mol. The summed E-state index contributed by atoms with van der Waals surface area (Å²) in [6.07, 6.45) is 5.23. The van der Waals surface area contributed by atoms with E-state index >= 15 is 0 Å². The van der Waals surface area contributed by atoms with E-state index in [1.807, 2.05) is 12.1 Å². The van der Waals surface area contributed by atoms with Crippen molar-refractivity contribution in [1.82, 2.24) is 5.32 Å². The first kappa shape index (κ1) is 8.37. The molecule has 0 aromatic carbocycles. The Kier molecular flexibility index (Phi) is 3.80. The lowest BCUT2D eigenvalue weighted by Gasteiger charge is -1.95. The lowest BCUT2D eigenvalue weighted by Crippen LogP contribution is -2.11. The van der Waals surface area contributed by atoms with Crippen LogP contribution < -0.4 is 5.32 Å². The Morgan fingerprint density at radius 2 is 2.55 bits per heavy atom. The van der Waals surface area contributed by atoms with Gasteiger partial charge in [0.2, 0.25) is 0 Å². The molecular formula is C8H10ClNO. The van der Waals surface area contributed by atoms with Crippen molar-refractivity contribution < 1.29 is 4.42 Å². The van der Waals surface area contributed by atoms with Crippen molar-refractivity contribution in [2.45, 2.75) is 6.54 Å². The van der Waals surface area contributed by atoms with Gasteiger partial charge in [0.1, 0.15) is 0 Å². The summed E-state index contributed by atoms with van der Waals surface area (Å²) in [7, 11) is 0. The number of hydrogen-bond donors (Lipinski definition) is 1. The molecule has 11 heavy (non-hydrogen) atoms. The van der Waals surface area contributed by atoms with Crippen LogP contribution in [0.1, 0.15) is 5.56 Å². The first-order chi connectivity index (χ1) is 5.43. The van der Waals surface area contributed by atoms with E-state index in [1.165, 1.54) is 5.54 Å². The van der Waals surface area contributed by atoms with Crippen molar-refractivity contribution in [3.8, 4) is 0 Å². The predicted octanol–water partition coefficient (Wildman–Crippen LogP) is 2.12. The molecule has 0 atom stereocenters. The molecule has 3 heteroatoms. The Morgan fingerprint density at radius 1 is 1.64 bits per heavy atom. The van der Waals surface area contributed by atoms with E-state index in [0.29, 0.717) is 0 Å². The largest absolute Gasteiger partial charge is 0.472 e. The standard InChI is InChI=1S/C8H10ClNO/c9-3-1-4-10-6-8-2-5-11-7-8/h1-3,5,7,10H,4,6H2/b3-1+. The van der Waals surface area contributed by atoms with Crippen LogP contribution in [0.5, 0.6) is 0 Å². The molecular weight excluding hydrogens is 162 g/mol. The lowest BCUT2D eigenvalue weighted by molar-refractivity contribution is 0.561. The maximum atomic E-state index is 5.32. The van der Waals surface area contributed by atoms with Crippen molar-refractivity contribution in [3.05, 3.63) is 35.8 Å². The second-order valence-electron chi connectivity index (χ2n) is 2.12. The summed E-state index contributed by atoms with van der Waals surface area (Å²) in [5, 5.41) is 3.16. The molecule has 0 aliphatic carbocycles. The summed E-state index contributed by atoms with van der Waals surface area (Å²) in [5.74, 6) is 0. The molecule has 0 unspecified atom stereocenters. The van der Waals surface area contributed by atoms with Gasteiger partial charge in [-0.25, -0.2) is 0 Å². The fourth-order valence-corrected chi connectivity index (χ4v) is 0.827. The van der Waals surface area contributed by atoms with Crippen LogP contribution in [0.15, 0.2) is 34.6 Å². The molecule has 1 rings (SSSR count). The highest BCUT2D eigenvalue weighted by Gasteiger charge is 1.90. The van der Waals surface area contributed by atoms with E-state index in [9.17, 15) is 0 Å². The maximum absolute atomic E-state index is 5.32. The summed E-state index contributed by atoms with van der Waals surface area (Å²) < 4.78 is 4.89. The molecule has 0 amide bonds. The SMILES string of the molecule is Cl/C=C/CNCc1ccoc1. The third-order valence-electron chi connectivity index (χ3n) is 1.26. The Balaban J connectivity index is 2.14. The third kappa shape index (κ3) is 3.25. The van der Waals surface area contributed by atoms with Gasteiger partial charge in [0.05, 0.1) is 12.5 Å². The van der Waals surface area contributed by atoms with Crippen molar-refractivity contribution >= 4 is 11.6 Å². The smallest absolute Gasteiger partial charge is 0.0947 e. The van der Waals surface area contributed by atoms with Crippen LogP contribution in [0, 0.1) is 0 Å². The molecule has 0 saturated heterocycles. The van der Waals surface area contributed by atoms with E-state index in [2.05, 4.69) is 5.32 Å². The molecule has 1 N–H and O–H groups in total. The van der Waals surface area contributed by atoms with Gasteiger partial charge in [0.25, 0.3) is 0 Å². The van der Waals surface area contributed by atoms with Gasteiger partial charge >= 0.3 is 0 Å². The van der Waals surface area contributed by atoms with Gasteiger partial charge < -0.3 is 9.73 Å². The van der Waals surface area contributed by atoms with Crippen LogP contribution in [0.3, 0.4) is 0 Å². The van der Waals surface area contributed by atoms with Crippen LogP contribution in [0.25, 0.3) is 0 Å². The molecule has 0 radical (unpaired) electrons. The first-order valence-electron chi connectivity index (χ1n) is 3.40. The van der Waals surface area contributed by atoms with E-state index in [-0.39, 0.29) is 0 Å². The number of halogens is 1. The molecule has 2 nitrogen and oxygen atoms in total. The fourth-order valence-electron chi connectivity index (χ4n) is 0.738. The molecule has 60 valence electrons. The van der Waals surface area contributed by atoms with Gasteiger partial charge in [0, 0.05) is 24.2 Å². The molecule has 0 aliphatic rings. The summed E-state index contributed by atoms with van der Waals surface area (Å²) in [6.45, 7) is 1.60. The molecule has 1 heterocycles. The van der Waals surface area contributed by atoms with E-state index < -0.39 is 0 Å². The molecule has 0 spiro atoms. The minimum absolute atomic E-state index is 0.786. The zero-order valence-electron chi connectivity index (χ0n) is 6.09. The topological polar surface area (TPSA) is 25.2 Å². The predicted molar refractivity (Wildman–Crippen MR) is 45.4 cm³/mol. The fraction of sp³-hybridized carbons (Fsp3) is 0.250. The molecule has 1 aromatic heterocycles. The first-order valence-corrected chi connectivity index (χ1v) is 3.84. The Hall–Kier alpha value is -0.730.